The molecular weight excluding hydrogens is 226 g/mol. The van der Waals surface area contributed by atoms with Crippen molar-refractivity contribution in [1.82, 2.24) is 14.7 Å². The number of nitrogens with one attached hydrogen (secondary N) is 1. The zero-order valence-electron chi connectivity index (χ0n) is 10.7. The van der Waals surface area contributed by atoms with Crippen LogP contribution in [0.5, 0.6) is 0 Å². The van der Waals surface area contributed by atoms with E-state index in [9.17, 15) is 4.79 Å². The molecule has 0 amide bonds. The van der Waals surface area contributed by atoms with Crippen LogP contribution in [0, 0.1) is 5.41 Å². The van der Waals surface area contributed by atoms with E-state index in [4.69, 9.17) is 0 Å². The summed E-state index contributed by atoms with van der Waals surface area (Å²) in [7, 11) is 0. The van der Waals surface area contributed by atoms with Crippen LogP contribution in [0.4, 0.5) is 0 Å². The Morgan fingerprint density at radius 2 is 2.28 bits per heavy atom. The number of fused-ring (bicyclic) bond motifs is 1. The lowest BCUT2D eigenvalue weighted by Crippen LogP contribution is -2.23. The third-order valence-electron chi connectivity index (χ3n) is 3.67. The molecule has 2 heterocycles. The van der Waals surface area contributed by atoms with Crippen molar-refractivity contribution in [3.8, 4) is 0 Å². The molecule has 1 aliphatic rings. The summed E-state index contributed by atoms with van der Waals surface area (Å²) in [6.45, 7) is 5.15. The van der Waals surface area contributed by atoms with Gasteiger partial charge in [-0.15, -0.1) is 0 Å². The molecule has 0 aromatic carbocycles. The Bertz CT molecular complexity index is 645. The van der Waals surface area contributed by atoms with Crippen LogP contribution in [0.2, 0.25) is 0 Å². The van der Waals surface area contributed by atoms with Gasteiger partial charge in [0.25, 0.3) is 5.56 Å². The monoisotopic (exact) mass is 243 g/mol. The Morgan fingerprint density at radius 1 is 1.50 bits per heavy atom. The van der Waals surface area contributed by atoms with Gasteiger partial charge in [0, 0.05) is 24.8 Å². The first kappa shape index (κ1) is 11.4. The van der Waals surface area contributed by atoms with Crippen molar-refractivity contribution in [2.24, 2.45) is 5.41 Å². The van der Waals surface area contributed by atoms with E-state index < -0.39 is 0 Å². The summed E-state index contributed by atoms with van der Waals surface area (Å²) in [5.74, 6) is 0. The van der Waals surface area contributed by atoms with Crippen molar-refractivity contribution in [1.29, 1.82) is 0 Å². The van der Waals surface area contributed by atoms with Gasteiger partial charge in [-0.25, -0.2) is 4.98 Å². The molecule has 94 valence electrons. The smallest absolute Gasteiger partial charge is 0.258 e. The van der Waals surface area contributed by atoms with Gasteiger partial charge in [0.15, 0.2) is 0 Å². The highest BCUT2D eigenvalue weighted by atomic mass is 16.1. The number of aromatic nitrogens is 2. The van der Waals surface area contributed by atoms with Crippen molar-refractivity contribution < 1.29 is 0 Å². The lowest BCUT2D eigenvalue weighted by Gasteiger charge is -2.07. The third-order valence-corrected chi connectivity index (χ3v) is 3.67. The van der Waals surface area contributed by atoms with Crippen LogP contribution in [0.3, 0.4) is 0 Å². The van der Waals surface area contributed by atoms with E-state index in [1.165, 1.54) is 6.42 Å². The molecule has 1 aliphatic carbocycles. The van der Waals surface area contributed by atoms with Crippen molar-refractivity contribution in [3.05, 3.63) is 46.5 Å². The molecule has 0 bridgehead atoms. The lowest BCUT2D eigenvalue weighted by atomic mass is 10.2. The molecule has 4 heteroatoms. The summed E-state index contributed by atoms with van der Waals surface area (Å²) in [5, 5.41) is 3.44. The Kier molecular flexibility index (Phi) is 2.48. The number of nitrogens with zero attached hydrogens (tertiary/aromatic N) is 2. The van der Waals surface area contributed by atoms with Crippen molar-refractivity contribution >= 4 is 5.65 Å². The minimum absolute atomic E-state index is 0.0209. The fourth-order valence-electron chi connectivity index (χ4n) is 2.24. The Hall–Kier alpha value is -1.68. The highest BCUT2D eigenvalue weighted by Gasteiger charge is 2.45. The second-order valence-electron chi connectivity index (χ2n) is 5.64. The maximum atomic E-state index is 11.9. The molecule has 18 heavy (non-hydrogen) atoms. The van der Waals surface area contributed by atoms with Crippen LogP contribution in [0.1, 0.15) is 26.0 Å². The largest absolute Gasteiger partial charge is 0.308 e. The van der Waals surface area contributed by atoms with Gasteiger partial charge in [0.2, 0.25) is 0 Å². The number of hydrogen-bond acceptors (Lipinski definition) is 3. The summed E-state index contributed by atoms with van der Waals surface area (Å²) in [4.78, 5) is 16.4. The second kappa shape index (κ2) is 3.92. The van der Waals surface area contributed by atoms with Crippen LogP contribution in [-0.4, -0.2) is 15.4 Å². The number of pyridine rings is 1. The Balaban J connectivity index is 1.83. The van der Waals surface area contributed by atoms with E-state index in [0.29, 0.717) is 23.6 Å². The van der Waals surface area contributed by atoms with Gasteiger partial charge in [-0.2, -0.15) is 0 Å². The van der Waals surface area contributed by atoms with E-state index in [2.05, 4.69) is 24.1 Å². The zero-order chi connectivity index (χ0) is 12.8. The van der Waals surface area contributed by atoms with Crippen molar-refractivity contribution in [2.75, 3.05) is 0 Å². The molecule has 0 aliphatic heterocycles. The maximum Gasteiger partial charge on any atom is 0.258 e. The molecule has 0 radical (unpaired) electrons. The molecule has 0 spiro atoms. The minimum Gasteiger partial charge on any atom is -0.308 e. The SMILES string of the molecule is CC1(C)CC1NCc1cc(=O)n2ccccc2n1. The van der Waals surface area contributed by atoms with E-state index in [1.54, 1.807) is 16.7 Å². The molecular formula is C14H17N3O. The second-order valence-corrected chi connectivity index (χ2v) is 5.64. The quantitative estimate of drug-likeness (QED) is 0.890. The molecule has 3 rings (SSSR count). The number of hydrogen-bond donors (Lipinski definition) is 1. The molecule has 1 saturated carbocycles. The van der Waals surface area contributed by atoms with Crippen LogP contribution in [-0.2, 0) is 6.54 Å². The van der Waals surface area contributed by atoms with E-state index >= 15 is 0 Å². The van der Waals surface area contributed by atoms with Crippen LogP contribution in [0.15, 0.2) is 35.3 Å². The summed E-state index contributed by atoms with van der Waals surface area (Å²) in [6.07, 6.45) is 2.94. The van der Waals surface area contributed by atoms with Gasteiger partial charge < -0.3 is 5.32 Å². The molecule has 1 unspecified atom stereocenters. The Labute approximate surface area is 106 Å². The average Bonchev–Trinajstić information content (AvgIpc) is 2.95. The van der Waals surface area contributed by atoms with Gasteiger partial charge in [-0.3, -0.25) is 9.20 Å². The summed E-state index contributed by atoms with van der Waals surface area (Å²) in [6, 6.07) is 7.74. The fraction of sp³-hybridized carbons (Fsp3) is 0.429. The summed E-state index contributed by atoms with van der Waals surface area (Å²) >= 11 is 0. The highest BCUT2D eigenvalue weighted by Crippen LogP contribution is 2.44. The van der Waals surface area contributed by atoms with Gasteiger partial charge >= 0.3 is 0 Å². The standard InChI is InChI=1S/C14H17N3O/c1-14(2)8-11(14)15-9-10-7-13(18)17-6-4-3-5-12(17)16-10/h3-7,11,15H,8-9H2,1-2H3. The normalized spacial score (nSPS) is 21.1. The molecule has 4 nitrogen and oxygen atoms in total. The van der Waals surface area contributed by atoms with Crippen molar-refractivity contribution in [3.63, 3.8) is 0 Å². The van der Waals surface area contributed by atoms with Gasteiger partial charge in [-0.05, 0) is 24.0 Å². The Morgan fingerprint density at radius 3 is 3.00 bits per heavy atom. The van der Waals surface area contributed by atoms with E-state index in [1.807, 2.05) is 18.2 Å². The van der Waals surface area contributed by atoms with Crippen LogP contribution < -0.4 is 10.9 Å². The van der Waals surface area contributed by atoms with Crippen LogP contribution >= 0.6 is 0 Å². The minimum atomic E-state index is -0.0209. The molecule has 2 aromatic heterocycles. The molecule has 0 saturated heterocycles. The van der Waals surface area contributed by atoms with Crippen LogP contribution in [0.25, 0.3) is 5.65 Å². The molecule has 1 N–H and O–H groups in total. The first-order chi connectivity index (χ1) is 8.56. The van der Waals surface area contributed by atoms with Gasteiger partial charge in [-0.1, -0.05) is 19.9 Å². The summed E-state index contributed by atoms with van der Waals surface area (Å²) < 4.78 is 1.56. The maximum absolute atomic E-state index is 11.9. The molecule has 1 fully saturated rings. The summed E-state index contributed by atoms with van der Waals surface area (Å²) in [5.41, 5.74) is 1.89. The van der Waals surface area contributed by atoms with E-state index in [-0.39, 0.29) is 5.56 Å². The molecule has 1 atom stereocenters. The first-order valence-electron chi connectivity index (χ1n) is 6.27. The topological polar surface area (TPSA) is 46.4 Å². The number of rotatable bonds is 3. The first-order valence-corrected chi connectivity index (χ1v) is 6.27. The van der Waals surface area contributed by atoms with E-state index in [0.717, 1.165) is 5.69 Å². The predicted octanol–water partition coefficient (Wildman–Crippen LogP) is 1.58. The predicted molar refractivity (Wildman–Crippen MR) is 70.5 cm³/mol. The van der Waals surface area contributed by atoms with Gasteiger partial charge in [0.05, 0.1) is 5.69 Å². The zero-order valence-corrected chi connectivity index (χ0v) is 10.7. The molecule has 2 aromatic rings. The average molecular weight is 243 g/mol. The third kappa shape index (κ3) is 2.04. The highest BCUT2D eigenvalue weighted by molar-refractivity contribution is 5.38. The lowest BCUT2D eigenvalue weighted by molar-refractivity contribution is 0.538. The fourth-order valence-corrected chi connectivity index (χ4v) is 2.24. The van der Waals surface area contributed by atoms with Gasteiger partial charge in [0.1, 0.15) is 5.65 Å². The van der Waals surface area contributed by atoms with Crippen molar-refractivity contribution in [2.45, 2.75) is 32.9 Å².